The number of fused-ring (bicyclic) bond motifs is 1. The molecule has 42 heavy (non-hydrogen) atoms. The summed E-state index contributed by atoms with van der Waals surface area (Å²) < 4.78 is 23.4. The zero-order chi connectivity index (χ0) is 30.4. The van der Waals surface area contributed by atoms with E-state index in [1.165, 1.54) is 4.90 Å². The van der Waals surface area contributed by atoms with Crippen LogP contribution in [-0.4, -0.2) is 75.5 Å². The van der Waals surface area contributed by atoms with E-state index in [2.05, 4.69) is 21.1 Å². The SMILES string of the molecule is CC(C)Oc1ccc(-c2nc(-c3ccc4c(c3)CCN4CC3(N(C(=O)O)C(C)(C)C)COC(C)(C)OC3)no2)cc1Cl. The van der Waals surface area contributed by atoms with Crippen molar-refractivity contribution in [3.05, 3.63) is 47.0 Å². The number of amides is 1. The third-order valence-corrected chi connectivity index (χ3v) is 7.79. The summed E-state index contributed by atoms with van der Waals surface area (Å²) in [5, 5.41) is 15.0. The predicted octanol–water partition coefficient (Wildman–Crippen LogP) is 6.51. The molecule has 0 atom stereocenters. The van der Waals surface area contributed by atoms with Gasteiger partial charge in [-0.2, -0.15) is 4.98 Å². The van der Waals surface area contributed by atoms with Crippen LogP contribution in [0.4, 0.5) is 10.5 Å². The minimum absolute atomic E-state index is 0.00991. The standard InChI is InChI=1S/C31H39ClN4O6/c1-19(2)41-25-11-9-22(15-23(25)32)27-33-26(34-42-27)21-8-10-24-20(14-21)12-13-35(24)16-31(17-39-30(6,7)40-18-31)36(28(37)38)29(3,4)5/h8-11,14-15,19H,12-13,16-18H2,1-7H3,(H,37,38). The highest BCUT2D eigenvalue weighted by Gasteiger charge is 2.51. The molecule has 1 saturated heterocycles. The highest BCUT2D eigenvalue weighted by Crippen LogP contribution is 2.38. The maximum atomic E-state index is 12.6. The fraction of sp³-hybridized carbons (Fsp3) is 0.516. The lowest BCUT2D eigenvalue weighted by Crippen LogP contribution is -2.70. The molecule has 3 heterocycles. The number of anilines is 1. The highest BCUT2D eigenvalue weighted by molar-refractivity contribution is 6.32. The predicted molar refractivity (Wildman–Crippen MR) is 160 cm³/mol. The summed E-state index contributed by atoms with van der Waals surface area (Å²) in [4.78, 5) is 20.9. The molecule has 1 aromatic heterocycles. The molecular formula is C31H39ClN4O6. The summed E-state index contributed by atoms with van der Waals surface area (Å²) >= 11 is 6.41. The van der Waals surface area contributed by atoms with Crippen molar-refractivity contribution in [3.63, 3.8) is 0 Å². The number of hydrogen-bond acceptors (Lipinski definition) is 8. The topological polar surface area (TPSA) is 110 Å². The summed E-state index contributed by atoms with van der Waals surface area (Å²) in [6.07, 6.45) is -0.191. The first-order valence-corrected chi connectivity index (χ1v) is 14.5. The van der Waals surface area contributed by atoms with Gasteiger partial charge in [-0.05, 0) is 96.8 Å². The van der Waals surface area contributed by atoms with E-state index in [-0.39, 0.29) is 19.3 Å². The van der Waals surface area contributed by atoms with Gasteiger partial charge in [-0.3, -0.25) is 4.90 Å². The van der Waals surface area contributed by atoms with Crippen LogP contribution in [-0.2, 0) is 15.9 Å². The number of ether oxygens (including phenoxy) is 3. The monoisotopic (exact) mass is 598 g/mol. The molecule has 2 aromatic carbocycles. The molecule has 0 radical (unpaired) electrons. The summed E-state index contributed by atoms with van der Waals surface area (Å²) in [6, 6.07) is 11.5. The Morgan fingerprint density at radius 2 is 1.83 bits per heavy atom. The molecule has 10 nitrogen and oxygen atoms in total. The van der Waals surface area contributed by atoms with Gasteiger partial charge < -0.3 is 28.7 Å². The average molecular weight is 599 g/mol. The second kappa shape index (κ2) is 11.1. The van der Waals surface area contributed by atoms with Gasteiger partial charge in [0, 0.05) is 35.4 Å². The van der Waals surface area contributed by atoms with Crippen molar-refractivity contribution in [1.29, 1.82) is 0 Å². The molecule has 0 unspecified atom stereocenters. The number of benzene rings is 2. The number of nitrogens with zero attached hydrogens (tertiary/aromatic N) is 4. The van der Waals surface area contributed by atoms with Crippen LogP contribution >= 0.6 is 11.6 Å². The largest absolute Gasteiger partial charge is 0.489 e. The Morgan fingerprint density at radius 1 is 1.14 bits per heavy atom. The molecule has 5 rings (SSSR count). The molecule has 2 aliphatic rings. The van der Waals surface area contributed by atoms with Crippen molar-refractivity contribution < 1.29 is 28.6 Å². The lowest BCUT2D eigenvalue weighted by atomic mass is 9.90. The van der Waals surface area contributed by atoms with Crippen LogP contribution in [0.15, 0.2) is 40.9 Å². The first-order chi connectivity index (χ1) is 19.7. The van der Waals surface area contributed by atoms with E-state index in [4.69, 9.17) is 30.3 Å². The van der Waals surface area contributed by atoms with Crippen molar-refractivity contribution in [2.24, 2.45) is 0 Å². The molecule has 1 fully saturated rings. The van der Waals surface area contributed by atoms with Gasteiger partial charge in [0.05, 0.1) is 24.3 Å². The van der Waals surface area contributed by atoms with E-state index in [9.17, 15) is 9.90 Å². The average Bonchev–Trinajstić information content (AvgIpc) is 3.53. The number of carbonyl (C=O) groups is 1. The summed E-state index contributed by atoms with van der Waals surface area (Å²) in [6.45, 7) is 14.9. The zero-order valence-corrected chi connectivity index (χ0v) is 26.0. The zero-order valence-electron chi connectivity index (χ0n) is 25.2. The molecule has 2 aliphatic heterocycles. The molecule has 1 N–H and O–H groups in total. The quantitative estimate of drug-likeness (QED) is 0.325. The normalized spacial score (nSPS) is 17.8. The minimum atomic E-state index is -1.000. The lowest BCUT2D eigenvalue weighted by Gasteiger charge is -2.54. The second-order valence-electron chi connectivity index (χ2n) is 12.7. The highest BCUT2D eigenvalue weighted by atomic mass is 35.5. The Morgan fingerprint density at radius 3 is 2.45 bits per heavy atom. The van der Waals surface area contributed by atoms with Crippen molar-refractivity contribution >= 4 is 23.4 Å². The molecule has 11 heteroatoms. The first kappa shape index (κ1) is 30.1. The Bertz CT molecular complexity index is 1450. The van der Waals surface area contributed by atoms with Gasteiger partial charge in [0.2, 0.25) is 5.82 Å². The van der Waals surface area contributed by atoms with Crippen LogP contribution in [0.3, 0.4) is 0 Å². The van der Waals surface area contributed by atoms with Crippen molar-refractivity contribution in [2.45, 2.75) is 77.9 Å². The lowest BCUT2D eigenvalue weighted by molar-refractivity contribution is -0.287. The molecule has 0 spiro atoms. The van der Waals surface area contributed by atoms with Gasteiger partial charge >= 0.3 is 6.09 Å². The third kappa shape index (κ3) is 6.07. The van der Waals surface area contributed by atoms with E-state index in [0.29, 0.717) is 34.6 Å². The van der Waals surface area contributed by atoms with Crippen LogP contribution in [0.5, 0.6) is 5.75 Å². The molecule has 1 amide bonds. The van der Waals surface area contributed by atoms with E-state index < -0.39 is 23.0 Å². The van der Waals surface area contributed by atoms with Crippen molar-refractivity contribution in [2.75, 3.05) is 31.2 Å². The molecule has 0 saturated carbocycles. The van der Waals surface area contributed by atoms with Gasteiger partial charge in [-0.15, -0.1) is 0 Å². The van der Waals surface area contributed by atoms with Crippen LogP contribution in [0.1, 0.15) is 54.0 Å². The maximum absolute atomic E-state index is 12.6. The van der Waals surface area contributed by atoms with Gasteiger partial charge in [0.25, 0.3) is 5.89 Å². The Labute approximate surface area is 251 Å². The van der Waals surface area contributed by atoms with Crippen molar-refractivity contribution in [1.82, 2.24) is 15.0 Å². The van der Waals surface area contributed by atoms with Crippen LogP contribution in [0, 0.1) is 0 Å². The van der Waals surface area contributed by atoms with Gasteiger partial charge in [-0.25, -0.2) is 4.79 Å². The molecule has 0 aliphatic carbocycles. The molecule has 0 bridgehead atoms. The Balaban J connectivity index is 1.38. The van der Waals surface area contributed by atoms with Crippen molar-refractivity contribution in [3.8, 4) is 28.6 Å². The second-order valence-corrected chi connectivity index (χ2v) is 13.1. The van der Waals surface area contributed by atoms with Crippen LogP contribution < -0.4 is 9.64 Å². The van der Waals surface area contributed by atoms with Crippen LogP contribution in [0.25, 0.3) is 22.8 Å². The van der Waals surface area contributed by atoms with Gasteiger partial charge in [0.15, 0.2) is 5.79 Å². The van der Waals surface area contributed by atoms with Gasteiger partial charge in [0.1, 0.15) is 11.3 Å². The first-order valence-electron chi connectivity index (χ1n) is 14.2. The number of aromatic nitrogens is 2. The van der Waals surface area contributed by atoms with Gasteiger partial charge in [-0.1, -0.05) is 16.8 Å². The van der Waals surface area contributed by atoms with E-state index in [1.807, 2.05) is 66.7 Å². The van der Waals surface area contributed by atoms with E-state index in [0.717, 1.165) is 29.8 Å². The smallest absolute Gasteiger partial charge is 0.408 e. The maximum Gasteiger partial charge on any atom is 0.408 e. The van der Waals surface area contributed by atoms with E-state index >= 15 is 0 Å². The number of carboxylic acid groups (broad SMARTS) is 1. The summed E-state index contributed by atoms with van der Waals surface area (Å²) in [5.74, 6) is 0.664. The molecule has 3 aromatic rings. The molecule has 226 valence electrons. The number of hydrogen-bond donors (Lipinski definition) is 1. The Kier molecular flexibility index (Phi) is 7.93. The van der Waals surface area contributed by atoms with Crippen LogP contribution in [0.2, 0.25) is 5.02 Å². The third-order valence-electron chi connectivity index (χ3n) is 7.50. The minimum Gasteiger partial charge on any atom is -0.489 e. The fourth-order valence-electron chi connectivity index (χ4n) is 5.76. The summed E-state index contributed by atoms with van der Waals surface area (Å²) in [7, 11) is 0. The fourth-order valence-corrected chi connectivity index (χ4v) is 5.99. The Hall–Kier alpha value is -3.34. The summed E-state index contributed by atoms with van der Waals surface area (Å²) in [5.41, 5.74) is 2.16. The van der Waals surface area contributed by atoms with E-state index in [1.54, 1.807) is 12.1 Å². The number of halogens is 1. The number of rotatable bonds is 7. The molecular weight excluding hydrogens is 560 g/mol.